The van der Waals surface area contributed by atoms with Crippen molar-refractivity contribution in [2.45, 2.75) is 363 Å². The standard InChI is InChI=1S/C22H42O10P2Si.C17H34O6PSi.C16H32O7PSi.C11H24O3Si.C6H11O4P/c1-7-16-17(8-11-25-16)30-33(23)28-14-20-18(9-12-26-20)31-34(24)32-19-10-13-27-21(19)15-29-35(5,6)22(2,3)4;1-7-13-14(8-10-19-13)22-24(18)23-15-9-11-20-16(15)12-21-25(5,6)17(2,3)4;1-16(2,3)25(4,5)21-11-15-13(7-9-20-15)23-24(18)22-12-6-8-19-14(12)10-17;1-11(2,3)15(4,5)14-8-10-9(12)6-7-13-10;1-2-5-6(3-4-9-5)10-11(7)8/h16-21H,7-15H2,1-6H3;13-16H,7-12H2,1-6H3;12-15,17H,6-11H2,1-5H3;9-10,12H,6-8H2,1-5H3;5-6H,2-4H2,1H3/q+2;2*+1;;/t16-,17-,18-,19?,20-,21-;13-,14-,15?,16-;12-,13?,14-,15-;9-,10-;5-,6-/m11111/s1/i11T,12T,13T;10T,11T;8T,9T;7T;4T/t11-,12-,13-,16-,17-,18-,19?,20-,21-;10-,11-,13-,14-,15?,16-;8-,9-,12-,13?,14-,15-;7-,9+,10+;4-,5-,6-/m11101. The van der Waals surface area contributed by atoms with E-state index < -0.39 is 219 Å². The molecule has 9 fully saturated rings. The number of aliphatic hydroxyl groups is 2. The highest BCUT2D eigenvalue weighted by molar-refractivity contribution is 7.34. The van der Waals surface area contributed by atoms with Crippen molar-refractivity contribution in [3.8, 4) is 0 Å². The molecule has 0 amide bonds. The SMILES string of the molecule is [3H][C@@H]1CC(O[P+](=O)O[C@@H]2C[C@@H]([3H])O[C@@H]2CC)[C@@H](CO[Si](C)(C)C(C)(C)C)O1.[3H][C@@H]1CC(O[P+](=O)O[C@@H]2C[C@@H]([3H])O[C@@H]2CO)[C@@H](CO[Si](C)(C)C(C)(C)C)O1.[3H][C@@H]1CC(O[P+](=O)O[C@@H]2C[C@@H]([3H])O[C@@H]2CO[P+](=O)O[C@@H]2C[C@@H]([3H])O[C@@H]2CC)[C@@H](CO[Si](C)(C)C(C)(C)C)O1.[3H][C@@H]1C[C@@H](O[P+](=O)[O-])[C@@H](CC)O1.[3H][C@H]1C[C@@H](O)[C@@H](CO[Si](C)(C)C(C)(C)C)O1. The van der Waals surface area contributed by atoms with E-state index in [4.69, 9.17) is 109 Å². The molecule has 0 aliphatic carbocycles. The summed E-state index contributed by atoms with van der Waals surface area (Å²) >= 11 is 0. The molecule has 32 atom stereocenters. The third-order valence-electron chi connectivity index (χ3n) is 22.3. The van der Waals surface area contributed by atoms with Gasteiger partial charge < -0.3 is 75.4 Å². The fourth-order valence-corrected chi connectivity index (χ4v) is 18.7. The molecule has 39 heteroatoms. The number of hydrogen-bond acceptors (Lipinski definition) is 30. The van der Waals surface area contributed by atoms with Crippen molar-refractivity contribution < 1.29 is 151 Å². The van der Waals surface area contributed by atoms with Crippen LogP contribution in [0.5, 0.6) is 0 Å². The smallest absolute Gasteiger partial charge is 0.566 e. The van der Waals surface area contributed by atoms with Gasteiger partial charge in [-0.1, -0.05) is 104 Å². The van der Waals surface area contributed by atoms with Gasteiger partial charge in [-0.05, 0) is 103 Å². The molecule has 0 aromatic rings. The van der Waals surface area contributed by atoms with E-state index >= 15 is 0 Å². The lowest BCUT2D eigenvalue weighted by molar-refractivity contribution is -0.190. The predicted octanol–water partition coefficient (Wildman–Crippen LogP) is 15.4. The van der Waals surface area contributed by atoms with E-state index in [0.717, 1.165) is 0 Å². The average molecular weight is 1770 g/mol. The second-order valence-corrected chi connectivity index (χ2v) is 57.9. The van der Waals surface area contributed by atoms with Crippen molar-refractivity contribution in [1.29, 1.82) is 0 Å². The summed E-state index contributed by atoms with van der Waals surface area (Å²) in [6.07, 6.45) is -4.58. The number of aliphatic hydroxyl groups excluding tert-OH is 2. The van der Waals surface area contributed by atoms with Crippen molar-refractivity contribution in [2.75, 3.05) is 98.9 Å². The van der Waals surface area contributed by atoms with Crippen LogP contribution in [0.25, 0.3) is 0 Å². The first-order valence-electron chi connectivity index (χ1n) is 44.0. The first kappa shape index (κ1) is 87.7. The normalized spacial score (nSPS) is 38.7. The maximum absolute atomic E-state index is 12.8. The third-order valence-corrected chi connectivity index (χ3v) is 44.2. The molecule has 9 rings (SSSR count). The van der Waals surface area contributed by atoms with Gasteiger partial charge in [0.1, 0.15) is 92.1 Å². The molecule has 2 N–H and O–H groups in total. The van der Waals surface area contributed by atoms with Crippen molar-refractivity contribution >= 4 is 74.5 Å². The molecule has 8 unspecified atom stereocenters. The van der Waals surface area contributed by atoms with Gasteiger partial charge in [0, 0.05) is 129 Å². The largest absolute Gasteiger partial charge is 0.698 e. The Morgan fingerprint density at radius 3 is 0.784 bits per heavy atom. The van der Waals surface area contributed by atoms with E-state index in [2.05, 4.69) is 140 Å². The molecule has 0 radical (unpaired) electrons. The summed E-state index contributed by atoms with van der Waals surface area (Å²) < 4.78 is 251. The first-order valence-corrected chi connectivity index (χ1v) is 56.0. The Labute approximate surface area is 685 Å². The average Bonchev–Trinajstić information content (AvgIpc) is 1.73. The van der Waals surface area contributed by atoms with Gasteiger partial charge in [-0.25, -0.2) is 0 Å². The zero-order valence-electron chi connectivity index (χ0n) is 78.9. The van der Waals surface area contributed by atoms with Gasteiger partial charge in [0.2, 0.25) is 0 Å². The van der Waals surface area contributed by atoms with Crippen molar-refractivity contribution in [1.82, 2.24) is 0 Å². The highest BCUT2D eigenvalue weighted by atomic mass is 31.1. The van der Waals surface area contributed by atoms with Crippen LogP contribution in [0.3, 0.4) is 0 Å². The lowest BCUT2D eigenvalue weighted by Crippen LogP contribution is -2.44. The monoisotopic (exact) mass is 1770 g/mol. The van der Waals surface area contributed by atoms with Crippen molar-refractivity contribution in [3.05, 3.63) is 0 Å². The molecule has 111 heavy (non-hydrogen) atoms. The summed E-state index contributed by atoms with van der Waals surface area (Å²) in [6, 6.07) is 0. The number of hydrogen-bond donors (Lipinski definition) is 2. The van der Waals surface area contributed by atoms with Gasteiger partial charge in [0.05, 0.1) is 69.8 Å². The van der Waals surface area contributed by atoms with Crippen LogP contribution in [-0.4, -0.2) is 252 Å². The Morgan fingerprint density at radius 2 is 0.541 bits per heavy atom. The zero-order chi connectivity index (χ0) is 90.8. The summed E-state index contributed by atoms with van der Waals surface area (Å²) in [5, 5.41) is 19.2. The van der Waals surface area contributed by atoms with Gasteiger partial charge in [0.25, 0.3) is 0 Å². The summed E-state index contributed by atoms with van der Waals surface area (Å²) in [5.41, 5.74) is 0. The van der Waals surface area contributed by atoms with Crippen LogP contribution in [0.4, 0.5) is 0 Å². The predicted molar refractivity (Wildman–Crippen MR) is 429 cm³/mol. The summed E-state index contributed by atoms with van der Waals surface area (Å²) in [4.78, 5) is 10.2. The van der Waals surface area contributed by atoms with Gasteiger partial charge in [-0.15, -0.1) is 40.7 Å². The molecule has 0 saturated carbocycles. The van der Waals surface area contributed by atoms with Crippen molar-refractivity contribution in [2.24, 2.45) is 0 Å². The van der Waals surface area contributed by atoms with Gasteiger partial charge in [0.15, 0.2) is 33.3 Å². The molecular weight excluding hydrogens is 1610 g/mol. The Kier molecular flexibility index (Phi) is 37.7. The lowest BCUT2D eigenvalue weighted by atomic mass is 10.1. The van der Waals surface area contributed by atoms with Crippen LogP contribution in [0.15, 0.2) is 0 Å². The second-order valence-electron chi connectivity index (χ2n) is 34.5. The van der Waals surface area contributed by atoms with E-state index in [-0.39, 0.29) is 96.7 Å². The van der Waals surface area contributed by atoms with E-state index in [0.29, 0.717) is 64.6 Å². The van der Waals surface area contributed by atoms with E-state index in [1.165, 1.54) is 0 Å². The van der Waals surface area contributed by atoms with E-state index in [9.17, 15) is 37.9 Å². The molecule has 30 nitrogen and oxygen atoms in total. The Hall–Kier alpha value is 0.368. The Morgan fingerprint density at radius 1 is 0.333 bits per heavy atom. The summed E-state index contributed by atoms with van der Waals surface area (Å²) in [5.74, 6) is 0. The van der Waals surface area contributed by atoms with Crippen molar-refractivity contribution in [3.63, 3.8) is 0 Å². The molecule has 0 aromatic carbocycles. The minimum Gasteiger partial charge on any atom is -0.566 e. The number of rotatable bonds is 35. The topological polar surface area (TPSA) is 352 Å². The molecule has 0 spiro atoms. The zero-order valence-corrected chi connectivity index (χ0v) is 78.3. The van der Waals surface area contributed by atoms with Gasteiger partial charge in [-0.3, -0.25) is 0 Å². The molecule has 648 valence electrons. The minimum atomic E-state index is -2.83. The van der Waals surface area contributed by atoms with Crippen LogP contribution in [0.2, 0.25) is 72.5 Å². The van der Waals surface area contributed by atoms with Crippen LogP contribution >= 0.6 is 41.3 Å². The second kappa shape index (κ2) is 47.7. The van der Waals surface area contributed by atoms with Crippen LogP contribution in [-0.2, 0) is 124 Å². The lowest BCUT2D eigenvalue weighted by Gasteiger charge is -2.37. The molecule has 9 heterocycles. The number of ether oxygens (including phenoxy) is 9. The highest BCUT2D eigenvalue weighted by Crippen LogP contribution is 2.45. The molecular formula is C72H143O30P5Si4+4. The van der Waals surface area contributed by atoms with Gasteiger partial charge in [-0.2, -0.15) is 0 Å². The molecule has 9 saturated heterocycles. The third kappa shape index (κ3) is 34.0. The quantitative estimate of drug-likeness (QED) is 0.0439. The maximum Gasteiger partial charge on any atom is 0.698 e. The molecule has 0 bridgehead atoms. The highest BCUT2D eigenvalue weighted by Gasteiger charge is 2.50. The van der Waals surface area contributed by atoms with Crippen LogP contribution in [0.1, 0.15) is 193 Å². The fraction of sp³-hybridized carbons (Fsp3) is 1.00. The molecule has 9 aliphatic heterocycles. The van der Waals surface area contributed by atoms with Gasteiger partial charge >= 0.3 is 41.3 Å². The Bertz CT molecular complexity index is 3060. The van der Waals surface area contributed by atoms with E-state index in [1.54, 1.807) is 0 Å². The molecule has 0 aromatic heterocycles. The van der Waals surface area contributed by atoms with E-state index in [1.807, 2.05) is 20.8 Å². The minimum absolute atomic E-state index is 0.00501. The maximum atomic E-state index is 12.8. The van der Waals surface area contributed by atoms with Crippen LogP contribution in [0, 0.1) is 0 Å². The molecule has 9 aliphatic rings. The summed E-state index contributed by atoms with van der Waals surface area (Å²) in [7, 11) is -20.6. The van der Waals surface area contributed by atoms with Crippen LogP contribution < -0.4 is 4.89 Å². The first-order chi connectivity index (χ1) is 55.3. The fourth-order valence-electron chi connectivity index (χ4n) is 10.6. The summed E-state index contributed by atoms with van der Waals surface area (Å²) in [6.45, 7) is 42.8. The Balaban J connectivity index is 0.000000280.